The zero-order valence-electron chi connectivity index (χ0n) is 12.2. The summed E-state index contributed by atoms with van der Waals surface area (Å²) in [6, 6.07) is 11.1. The van der Waals surface area contributed by atoms with Gasteiger partial charge in [-0.25, -0.2) is 13.4 Å². The molecule has 0 saturated heterocycles. The van der Waals surface area contributed by atoms with Crippen molar-refractivity contribution in [3.05, 3.63) is 35.9 Å². The molecule has 1 N–H and O–H groups in total. The molecule has 0 amide bonds. The first-order chi connectivity index (χ1) is 9.74. The summed E-state index contributed by atoms with van der Waals surface area (Å²) in [5, 5.41) is 13.0. The summed E-state index contributed by atoms with van der Waals surface area (Å²) < 4.78 is 22.5. The van der Waals surface area contributed by atoms with E-state index in [-0.39, 0.29) is 6.54 Å². The largest absolute Gasteiger partial charge is 0.368 e. The number of fused-ring (bicyclic) bond motifs is 1. The van der Waals surface area contributed by atoms with Crippen LogP contribution in [0, 0.1) is 11.3 Å². The molecule has 6 heteroatoms. The van der Waals surface area contributed by atoms with E-state index in [1.807, 2.05) is 24.3 Å². The van der Waals surface area contributed by atoms with Crippen molar-refractivity contribution in [3.8, 4) is 6.07 Å². The van der Waals surface area contributed by atoms with Crippen molar-refractivity contribution < 1.29 is 8.42 Å². The molecule has 0 bridgehead atoms. The summed E-state index contributed by atoms with van der Waals surface area (Å²) in [6.07, 6.45) is 1.21. The van der Waals surface area contributed by atoms with Gasteiger partial charge in [0.2, 0.25) is 0 Å². The van der Waals surface area contributed by atoms with Gasteiger partial charge in [0.25, 0.3) is 0 Å². The first kappa shape index (κ1) is 15.3. The van der Waals surface area contributed by atoms with E-state index in [1.165, 1.54) is 6.26 Å². The molecule has 1 aromatic heterocycles. The number of anilines is 1. The Labute approximate surface area is 124 Å². The zero-order chi connectivity index (χ0) is 15.7. The van der Waals surface area contributed by atoms with E-state index in [0.717, 1.165) is 5.39 Å². The van der Waals surface area contributed by atoms with Gasteiger partial charge in [-0.1, -0.05) is 18.2 Å². The maximum atomic E-state index is 11.7. The van der Waals surface area contributed by atoms with Crippen LogP contribution >= 0.6 is 0 Å². The highest BCUT2D eigenvalue weighted by Crippen LogP contribution is 2.21. The maximum Gasteiger partial charge on any atom is 0.154 e. The Morgan fingerprint density at radius 1 is 1.33 bits per heavy atom. The smallest absolute Gasteiger partial charge is 0.154 e. The molecule has 1 aromatic carbocycles. The predicted molar refractivity (Wildman–Crippen MR) is 83.9 cm³/mol. The van der Waals surface area contributed by atoms with Gasteiger partial charge in [0.05, 0.1) is 21.9 Å². The minimum atomic E-state index is -3.19. The van der Waals surface area contributed by atoms with Crippen LogP contribution in [-0.2, 0) is 9.84 Å². The second-order valence-corrected chi connectivity index (χ2v) is 8.22. The van der Waals surface area contributed by atoms with Crippen molar-refractivity contribution in [3.63, 3.8) is 0 Å². The Balaban J connectivity index is 2.35. The summed E-state index contributed by atoms with van der Waals surface area (Å²) >= 11 is 0. The number of aromatic nitrogens is 1. The molecule has 110 valence electrons. The number of pyridine rings is 1. The van der Waals surface area contributed by atoms with Crippen LogP contribution in [0.3, 0.4) is 0 Å². The molecule has 1 heterocycles. The summed E-state index contributed by atoms with van der Waals surface area (Å²) in [4.78, 5) is 4.41. The molecule has 21 heavy (non-hydrogen) atoms. The lowest BCUT2D eigenvalue weighted by Crippen LogP contribution is -2.38. The monoisotopic (exact) mass is 303 g/mol. The Bertz CT molecular complexity index is 820. The highest BCUT2D eigenvalue weighted by atomic mass is 32.2. The van der Waals surface area contributed by atoms with E-state index in [0.29, 0.717) is 16.9 Å². The van der Waals surface area contributed by atoms with Crippen molar-refractivity contribution in [1.29, 1.82) is 5.26 Å². The fraction of sp³-hybridized carbons (Fsp3) is 0.333. The third kappa shape index (κ3) is 3.14. The third-order valence-electron chi connectivity index (χ3n) is 3.54. The van der Waals surface area contributed by atoms with Crippen molar-refractivity contribution in [1.82, 2.24) is 4.98 Å². The average molecular weight is 303 g/mol. The van der Waals surface area contributed by atoms with Gasteiger partial charge in [-0.2, -0.15) is 5.26 Å². The van der Waals surface area contributed by atoms with Crippen molar-refractivity contribution >= 4 is 26.6 Å². The summed E-state index contributed by atoms with van der Waals surface area (Å²) in [6.45, 7) is 3.53. The molecule has 0 atom stereocenters. The van der Waals surface area contributed by atoms with Gasteiger partial charge in [-0.15, -0.1) is 0 Å². The minimum Gasteiger partial charge on any atom is -0.368 e. The lowest BCUT2D eigenvalue weighted by molar-refractivity contribution is 0.559. The van der Waals surface area contributed by atoms with Gasteiger partial charge in [0, 0.05) is 18.2 Å². The quantitative estimate of drug-likeness (QED) is 0.937. The number of sulfone groups is 1. The topological polar surface area (TPSA) is 82.8 Å². The molecule has 0 aliphatic rings. The van der Waals surface area contributed by atoms with Crippen LogP contribution in [0.5, 0.6) is 0 Å². The number of nitrogens with zero attached hydrogens (tertiary/aromatic N) is 2. The van der Waals surface area contributed by atoms with E-state index in [4.69, 9.17) is 0 Å². The predicted octanol–water partition coefficient (Wildman–Crippen LogP) is 2.34. The van der Waals surface area contributed by atoms with Crippen molar-refractivity contribution in [2.45, 2.75) is 18.6 Å². The molecular formula is C15H17N3O2S. The standard InChI is InChI=1S/C15H17N3O2S/c1-15(2,21(3,19)20)10-17-14-8-11(9-16)12-6-4-5-7-13(12)18-14/h4-8H,10H2,1-3H3,(H,17,18). The Kier molecular flexibility index (Phi) is 3.88. The molecule has 5 nitrogen and oxygen atoms in total. The summed E-state index contributed by atoms with van der Waals surface area (Å²) in [7, 11) is -3.19. The summed E-state index contributed by atoms with van der Waals surface area (Å²) in [5.74, 6) is 0.502. The van der Waals surface area contributed by atoms with Crippen LogP contribution in [-0.4, -0.2) is 30.9 Å². The molecule has 0 spiro atoms. The highest BCUT2D eigenvalue weighted by molar-refractivity contribution is 7.92. The Morgan fingerprint density at radius 2 is 2.00 bits per heavy atom. The highest BCUT2D eigenvalue weighted by Gasteiger charge is 2.30. The minimum absolute atomic E-state index is 0.224. The van der Waals surface area contributed by atoms with Crippen LogP contribution in [0.2, 0.25) is 0 Å². The Hall–Kier alpha value is -2.13. The number of benzene rings is 1. The van der Waals surface area contributed by atoms with Crippen molar-refractivity contribution in [2.24, 2.45) is 0 Å². The van der Waals surface area contributed by atoms with E-state index < -0.39 is 14.6 Å². The fourth-order valence-electron chi connectivity index (χ4n) is 1.79. The zero-order valence-corrected chi connectivity index (χ0v) is 13.0. The van der Waals surface area contributed by atoms with Crippen LogP contribution in [0.4, 0.5) is 5.82 Å². The normalized spacial score (nSPS) is 12.1. The van der Waals surface area contributed by atoms with Crippen molar-refractivity contribution in [2.75, 3.05) is 18.1 Å². The van der Waals surface area contributed by atoms with Gasteiger partial charge in [0.15, 0.2) is 9.84 Å². The number of rotatable bonds is 4. The molecule has 0 aliphatic carbocycles. The first-order valence-corrected chi connectivity index (χ1v) is 8.37. The van der Waals surface area contributed by atoms with E-state index in [1.54, 1.807) is 19.9 Å². The number of para-hydroxylation sites is 1. The lowest BCUT2D eigenvalue weighted by Gasteiger charge is -2.23. The van der Waals surface area contributed by atoms with Crippen LogP contribution in [0.15, 0.2) is 30.3 Å². The van der Waals surface area contributed by atoms with Gasteiger partial charge in [-0.05, 0) is 26.0 Å². The second kappa shape index (κ2) is 5.34. The number of hydrogen-bond donors (Lipinski definition) is 1. The maximum absolute atomic E-state index is 11.7. The molecular weight excluding hydrogens is 286 g/mol. The van der Waals surface area contributed by atoms with Crippen LogP contribution in [0.25, 0.3) is 10.9 Å². The third-order valence-corrected chi connectivity index (χ3v) is 5.69. The molecule has 0 saturated carbocycles. The fourth-order valence-corrected chi connectivity index (χ4v) is 2.13. The van der Waals surface area contributed by atoms with E-state index >= 15 is 0 Å². The molecule has 0 radical (unpaired) electrons. The molecule has 0 unspecified atom stereocenters. The molecule has 2 aromatic rings. The van der Waals surface area contributed by atoms with Gasteiger partial charge in [-0.3, -0.25) is 0 Å². The molecule has 0 fully saturated rings. The van der Waals surface area contributed by atoms with Gasteiger partial charge in [0.1, 0.15) is 5.82 Å². The molecule has 0 aliphatic heterocycles. The van der Waals surface area contributed by atoms with Gasteiger partial charge >= 0.3 is 0 Å². The van der Waals surface area contributed by atoms with E-state index in [2.05, 4.69) is 16.4 Å². The SMILES string of the molecule is CC(C)(CNc1cc(C#N)c2ccccc2n1)S(C)(=O)=O. The number of nitrogens with one attached hydrogen (secondary N) is 1. The van der Waals surface area contributed by atoms with E-state index in [9.17, 15) is 13.7 Å². The number of hydrogen-bond acceptors (Lipinski definition) is 5. The molecule has 2 rings (SSSR count). The summed E-state index contributed by atoms with van der Waals surface area (Å²) in [5.41, 5.74) is 1.22. The lowest BCUT2D eigenvalue weighted by atomic mass is 10.1. The Morgan fingerprint density at radius 3 is 2.62 bits per heavy atom. The van der Waals surface area contributed by atoms with Crippen LogP contribution < -0.4 is 5.32 Å². The van der Waals surface area contributed by atoms with Gasteiger partial charge < -0.3 is 5.32 Å². The average Bonchev–Trinajstić information content (AvgIpc) is 2.43. The number of nitriles is 1. The first-order valence-electron chi connectivity index (χ1n) is 6.48. The second-order valence-electron chi connectivity index (χ2n) is 5.57. The van der Waals surface area contributed by atoms with Crippen LogP contribution in [0.1, 0.15) is 19.4 Å².